The molecule has 0 spiro atoms. The summed E-state index contributed by atoms with van der Waals surface area (Å²) in [6.45, 7) is 9.37. The molecule has 1 atom stereocenters. The second kappa shape index (κ2) is 8.08. The van der Waals surface area contributed by atoms with Gasteiger partial charge in [-0.15, -0.1) is 0 Å². The van der Waals surface area contributed by atoms with Gasteiger partial charge in [0.15, 0.2) is 0 Å². The Bertz CT molecular complexity index is 268. The average Bonchev–Trinajstić information content (AvgIpc) is 2.21. The Morgan fingerprint density at radius 1 is 1.29 bits per heavy atom. The Balaban J connectivity index is 4.45. The summed E-state index contributed by atoms with van der Waals surface area (Å²) in [7, 11) is 0. The monoisotopic (exact) mass is 239 g/mol. The number of rotatable bonds is 7. The van der Waals surface area contributed by atoms with Crippen molar-refractivity contribution in [3.63, 3.8) is 0 Å². The summed E-state index contributed by atoms with van der Waals surface area (Å²) in [5.74, 6) is 0.775. The lowest BCUT2D eigenvalue weighted by Gasteiger charge is -2.27. The molecule has 0 aliphatic carbocycles. The highest BCUT2D eigenvalue weighted by atomic mass is 16.2. The number of amides is 1. The lowest BCUT2D eigenvalue weighted by atomic mass is 10.0. The molecule has 4 nitrogen and oxygen atoms in total. The van der Waals surface area contributed by atoms with Crippen LogP contribution < -0.4 is 5.73 Å². The van der Waals surface area contributed by atoms with Crippen LogP contribution in [0.25, 0.3) is 0 Å². The van der Waals surface area contributed by atoms with Gasteiger partial charge in [0.25, 0.3) is 0 Å². The minimum absolute atomic E-state index is 0.0253. The third-order valence-corrected chi connectivity index (χ3v) is 2.43. The highest BCUT2D eigenvalue weighted by Crippen LogP contribution is 2.08. The minimum atomic E-state index is -0.438. The van der Waals surface area contributed by atoms with Gasteiger partial charge in [0.2, 0.25) is 5.91 Å². The molecule has 0 saturated heterocycles. The molecule has 0 aromatic carbocycles. The van der Waals surface area contributed by atoms with Crippen LogP contribution in [0.4, 0.5) is 0 Å². The average molecular weight is 239 g/mol. The van der Waals surface area contributed by atoms with Crippen molar-refractivity contribution in [1.82, 2.24) is 4.90 Å². The largest absolute Gasteiger partial charge is 0.340 e. The maximum Gasteiger partial charge on any atom is 0.239 e. The first-order valence-electron chi connectivity index (χ1n) is 6.29. The van der Waals surface area contributed by atoms with Crippen LogP contribution in [0.2, 0.25) is 0 Å². The molecule has 0 heterocycles. The van der Waals surface area contributed by atoms with Crippen LogP contribution in [0.5, 0.6) is 0 Å². The van der Waals surface area contributed by atoms with Crippen LogP contribution in [0, 0.1) is 23.2 Å². The molecule has 0 aliphatic rings. The number of carbonyl (C=O) groups is 1. The van der Waals surface area contributed by atoms with Crippen molar-refractivity contribution in [1.29, 1.82) is 5.26 Å². The van der Waals surface area contributed by atoms with E-state index in [1.54, 1.807) is 4.90 Å². The van der Waals surface area contributed by atoms with Gasteiger partial charge >= 0.3 is 0 Å². The van der Waals surface area contributed by atoms with E-state index in [4.69, 9.17) is 11.0 Å². The van der Waals surface area contributed by atoms with E-state index in [0.717, 1.165) is 0 Å². The summed E-state index contributed by atoms with van der Waals surface area (Å²) in [5.41, 5.74) is 5.89. The summed E-state index contributed by atoms with van der Waals surface area (Å²) in [5, 5.41) is 8.60. The van der Waals surface area contributed by atoms with Crippen LogP contribution in [-0.4, -0.2) is 29.9 Å². The molecule has 0 bridgehead atoms. The molecule has 17 heavy (non-hydrogen) atoms. The van der Waals surface area contributed by atoms with Gasteiger partial charge in [0.05, 0.1) is 18.5 Å². The van der Waals surface area contributed by atoms with Crippen molar-refractivity contribution < 1.29 is 4.79 Å². The summed E-state index contributed by atoms with van der Waals surface area (Å²) in [6.07, 6.45) is 1.06. The fourth-order valence-electron chi connectivity index (χ4n) is 1.76. The summed E-state index contributed by atoms with van der Waals surface area (Å²) in [6, 6.07) is 1.63. The number of nitrogens with zero attached hydrogens (tertiary/aromatic N) is 2. The van der Waals surface area contributed by atoms with Crippen LogP contribution in [-0.2, 0) is 4.79 Å². The van der Waals surface area contributed by atoms with Crippen LogP contribution in [0.3, 0.4) is 0 Å². The molecular formula is C13H25N3O. The molecule has 0 rings (SSSR count). The lowest BCUT2D eigenvalue weighted by Crippen LogP contribution is -2.46. The Morgan fingerprint density at radius 3 is 2.29 bits per heavy atom. The summed E-state index contributed by atoms with van der Waals surface area (Å²) < 4.78 is 0. The molecular weight excluding hydrogens is 214 g/mol. The summed E-state index contributed by atoms with van der Waals surface area (Å²) in [4.78, 5) is 13.8. The second-order valence-electron chi connectivity index (χ2n) is 5.32. The molecule has 1 amide bonds. The quantitative estimate of drug-likeness (QED) is 0.736. The standard InChI is InChI=1S/C13H25N3O/c1-10(2)8-12(15)13(17)16(7-5-6-14)9-11(3)4/h10-12H,5,7-9,15H2,1-4H3. The van der Waals surface area contributed by atoms with E-state index in [1.807, 2.05) is 0 Å². The molecule has 1 unspecified atom stereocenters. The van der Waals surface area contributed by atoms with E-state index in [0.29, 0.717) is 37.8 Å². The topological polar surface area (TPSA) is 70.1 Å². The Morgan fingerprint density at radius 2 is 1.88 bits per heavy atom. The first-order valence-corrected chi connectivity index (χ1v) is 6.29. The van der Waals surface area contributed by atoms with Gasteiger partial charge in [-0.3, -0.25) is 4.79 Å². The minimum Gasteiger partial charge on any atom is -0.340 e. The molecule has 0 saturated carbocycles. The zero-order valence-electron chi connectivity index (χ0n) is 11.4. The van der Waals surface area contributed by atoms with Gasteiger partial charge in [-0.25, -0.2) is 0 Å². The zero-order valence-corrected chi connectivity index (χ0v) is 11.4. The van der Waals surface area contributed by atoms with Crippen LogP contribution in [0.1, 0.15) is 40.5 Å². The van der Waals surface area contributed by atoms with Crippen molar-refractivity contribution in [3.05, 3.63) is 0 Å². The normalized spacial score (nSPS) is 12.6. The molecule has 4 heteroatoms. The van der Waals surface area contributed by atoms with Crippen molar-refractivity contribution in [2.24, 2.45) is 17.6 Å². The van der Waals surface area contributed by atoms with Crippen LogP contribution >= 0.6 is 0 Å². The summed E-state index contributed by atoms with van der Waals surface area (Å²) >= 11 is 0. The van der Waals surface area contributed by atoms with Crippen molar-refractivity contribution >= 4 is 5.91 Å². The fourth-order valence-corrected chi connectivity index (χ4v) is 1.76. The second-order valence-corrected chi connectivity index (χ2v) is 5.32. The number of hydrogen-bond acceptors (Lipinski definition) is 3. The molecule has 0 aromatic rings. The predicted octanol–water partition coefficient (Wildman–Crippen LogP) is 1.76. The molecule has 98 valence electrons. The highest BCUT2D eigenvalue weighted by molar-refractivity contribution is 5.81. The molecule has 0 fully saturated rings. The van der Waals surface area contributed by atoms with Gasteiger partial charge < -0.3 is 10.6 Å². The Hall–Kier alpha value is -1.08. The third-order valence-electron chi connectivity index (χ3n) is 2.43. The fraction of sp³-hybridized carbons (Fsp3) is 0.846. The smallest absolute Gasteiger partial charge is 0.239 e. The van der Waals surface area contributed by atoms with Crippen LogP contribution in [0.15, 0.2) is 0 Å². The first kappa shape index (κ1) is 15.9. The predicted molar refractivity (Wildman–Crippen MR) is 69.1 cm³/mol. The van der Waals surface area contributed by atoms with E-state index in [9.17, 15) is 4.79 Å². The number of hydrogen-bond donors (Lipinski definition) is 1. The van der Waals surface area contributed by atoms with E-state index in [2.05, 4.69) is 33.8 Å². The Labute approximate surface area is 105 Å². The van der Waals surface area contributed by atoms with Gasteiger partial charge in [0, 0.05) is 13.1 Å². The molecule has 0 aromatic heterocycles. The van der Waals surface area contributed by atoms with Gasteiger partial charge in [-0.2, -0.15) is 5.26 Å². The number of nitriles is 1. The number of carbonyl (C=O) groups excluding carboxylic acids is 1. The maximum absolute atomic E-state index is 12.1. The highest BCUT2D eigenvalue weighted by Gasteiger charge is 2.21. The molecule has 0 aliphatic heterocycles. The molecule has 2 N–H and O–H groups in total. The van der Waals surface area contributed by atoms with Gasteiger partial charge in [-0.1, -0.05) is 27.7 Å². The maximum atomic E-state index is 12.1. The van der Waals surface area contributed by atoms with Crippen molar-refractivity contribution in [3.8, 4) is 6.07 Å². The lowest BCUT2D eigenvalue weighted by molar-refractivity contribution is -0.133. The van der Waals surface area contributed by atoms with E-state index in [1.165, 1.54) is 0 Å². The zero-order chi connectivity index (χ0) is 13.4. The van der Waals surface area contributed by atoms with Gasteiger partial charge in [0.1, 0.15) is 0 Å². The van der Waals surface area contributed by atoms with E-state index >= 15 is 0 Å². The van der Waals surface area contributed by atoms with E-state index < -0.39 is 6.04 Å². The SMILES string of the molecule is CC(C)CC(N)C(=O)N(CCC#N)CC(C)C. The van der Waals surface area contributed by atoms with Crippen molar-refractivity contribution in [2.45, 2.75) is 46.6 Å². The third kappa shape index (κ3) is 6.96. The Kier molecular flexibility index (Phi) is 7.56. The molecule has 0 radical (unpaired) electrons. The number of nitrogens with two attached hydrogens (primary N) is 1. The van der Waals surface area contributed by atoms with E-state index in [-0.39, 0.29) is 5.91 Å². The van der Waals surface area contributed by atoms with Gasteiger partial charge in [-0.05, 0) is 18.3 Å². The first-order chi connectivity index (χ1) is 7.88. The van der Waals surface area contributed by atoms with Crippen molar-refractivity contribution in [2.75, 3.05) is 13.1 Å².